The van der Waals surface area contributed by atoms with E-state index in [1.54, 1.807) is 36.4 Å². The van der Waals surface area contributed by atoms with Gasteiger partial charge in [0.25, 0.3) is 5.91 Å². The van der Waals surface area contributed by atoms with E-state index in [2.05, 4.69) is 12.0 Å². The predicted octanol–water partition coefficient (Wildman–Crippen LogP) is 5.34. The molecule has 0 bridgehead atoms. The Morgan fingerprint density at radius 3 is 2.30 bits per heavy atom. The number of aryl methyl sites for hydroxylation is 2. The van der Waals surface area contributed by atoms with Crippen molar-refractivity contribution < 1.29 is 23.1 Å². The summed E-state index contributed by atoms with van der Waals surface area (Å²) in [5.41, 5.74) is -1.09. The average Bonchev–Trinajstić information content (AvgIpc) is 3.08. The highest BCUT2D eigenvalue weighted by Crippen LogP contribution is 2.40. The van der Waals surface area contributed by atoms with E-state index in [1.807, 2.05) is 6.92 Å². The van der Waals surface area contributed by atoms with Crippen molar-refractivity contribution in [3.63, 3.8) is 0 Å². The Bertz CT molecular complexity index is 921. The summed E-state index contributed by atoms with van der Waals surface area (Å²) < 4.78 is 40.1. The molecule has 160 valence electrons. The van der Waals surface area contributed by atoms with Crippen LogP contribution in [0.3, 0.4) is 0 Å². The van der Waals surface area contributed by atoms with Crippen molar-refractivity contribution in [2.45, 2.75) is 57.9 Å². The maximum atomic E-state index is 13.4. The van der Waals surface area contributed by atoms with Gasteiger partial charge < -0.3 is 5.11 Å². The standard InChI is InChI=1S/C23H25F3N2O2/c1-3-4-5-6-17-9-13-19(14-10-17)22(30)15-20(23(24,25)26)27-28(22)21(29)18-11-7-16(2)8-12-18/h7-14,30H,3-6,15H2,1-2H3/t22-/m0/s1. The van der Waals surface area contributed by atoms with Gasteiger partial charge in [-0.2, -0.15) is 23.3 Å². The van der Waals surface area contributed by atoms with Crippen LogP contribution in [0.25, 0.3) is 0 Å². The van der Waals surface area contributed by atoms with Gasteiger partial charge in [0.1, 0.15) is 5.71 Å². The van der Waals surface area contributed by atoms with Crippen molar-refractivity contribution >= 4 is 11.6 Å². The average molecular weight is 418 g/mol. The van der Waals surface area contributed by atoms with Gasteiger partial charge in [-0.15, -0.1) is 0 Å². The van der Waals surface area contributed by atoms with E-state index in [-0.39, 0.29) is 11.1 Å². The molecule has 0 radical (unpaired) electrons. The molecule has 30 heavy (non-hydrogen) atoms. The molecule has 1 atom stereocenters. The first-order valence-corrected chi connectivity index (χ1v) is 10.0. The van der Waals surface area contributed by atoms with Crippen LogP contribution >= 0.6 is 0 Å². The van der Waals surface area contributed by atoms with Crippen LogP contribution in [0, 0.1) is 6.92 Å². The molecule has 2 aromatic rings. The van der Waals surface area contributed by atoms with Gasteiger partial charge in [-0.1, -0.05) is 61.7 Å². The predicted molar refractivity (Wildman–Crippen MR) is 109 cm³/mol. The zero-order valence-electron chi connectivity index (χ0n) is 17.0. The van der Waals surface area contributed by atoms with Gasteiger partial charge in [-0.25, -0.2) is 0 Å². The molecule has 0 fully saturated rings. The molecule has 0 aromatic heterocycles. The van der Waals surface area contributed by atoms with Crippen LogP contribution in [0.5, 0.6) is 0 Å². The lowest BCUT2D eigenvalue weighted by atomic mass is 9.94. The minimum Gasteiger partial charge on any atom is -0.365 e. The van der Waals surface area contributed by atoms with E-state index in [1.165, 1.54) is 12.1 Å². The molecule has 1 N–H and O–H groups in total. The smallest absolute Gasteiger partial charge is 0.365 e. The Labute approximate surface area is 174 Å². The molecule has 0 unspecified atom stereocenters. The number of aliphatic hydroxyl groups is 1. The molecule has 0 spiro atoms. The van der Waals surface area contributed by atoms with Crippen LogP contribution in [-0.2, 0) is 12.1 Å². The topological polar surface area (TPSA) is 52.9 Å². The van der Waals surface area contributed by atoms with E-state index in [0.717, 1.165) is 36.8 Å². The number of hydrogen-bond acceptors (Lipinski definition) is 3. The third-order valence-electron chi connectivity index (χ3n) is 5.29. The zero-order valence-corrected chi connectivity index (χ0v) is 17.0. The van der Waals surface area contributed by atoms with Gasteiger partial charge in [-0.3, -0.25) is 4.79 Å². The first kappa shape index (κ1) is 22.0. The number of rotatable bonds is 6. The molecule has 0 saturated carbocycles. The van der Waals surface area contributed by atoms with Gasteiger partial charge in [0.2, 0.25) is 0 Å². The highest BCUT2D eigenvalue weighted by molar-refractivity contribution is 5.99. The van der Waals surface area contributed by atoms with Crippen molar-refractivity contribution in [3.05, 3.63) is 70.8 Å². The van der Waals surface area contributed by atoms with Crippen molar-refractivity contribution in [3.8, 4) is 0 Å². The molecule has 0 aliphatic carbocycles. The molecule has 4 nitrogen and oxygen atoms in total. The Morgan fingerprint density at radius 1 is 1.10 bits per heavy atom. The number of alkyl halides is 3. The number of halogens is 3. The first-order valence-electron chi connectivity index (χ1n) is 10.0. The fourth-order valence-electron chi connectivity index (χ4n) is 3.48. The molecular weight excluding hydrogens is 393 g/mol. The van der Waals surface area contributed by atoms with E-state index in [4.69, 9.17) is 0 Å². The largest absolute Gasteiger partial charge is 0.431 e. The van der Waals surface area contributed by atoms with Crippen molar-refractivity contribution in [1.82, 2.24) is 5.01 Å². The highest BCUT2D eigenvalue weighted by Gasteiger charge is 2.53. The van der Waals surface area contributed by atoms with Crippen molar-refractivity contribution in [2.75, 3.05) is 0 Å². The summed E-state index contributed by atoms with van der Waals surface area (Å²) in [6, 6.07) is 13.1. The molecule has 1 heterocycles. The number of nitrogens with zero attached hydrogens (tertiary/aromatic N) is 2. The van der Waals surface area contributed by atoms with Crippen LogP contribution in [0.15, 0.2) is 53.6 Å². The number of amides is 1. The molecular formula is C23H25F3N2O2. The monoisotopic (exact) mass is 418 g/mol. The highest BCUT2D eigenvalue weighted by atomic mass is 19.4. The fourth-order valence-corrected chi connectivity index (χ4v) is 3.48. The molecule has 1 aliphatic rings. The van der Waals surface area contributed by atoms with Crippen LogP contribution in [0.1, 0.15) is 59.7 Å². The first-order chi connectivity index (χ1) is 14.1. The van der Waals surface area contributed by atoms with Crippen LogP contribution < -0.4 is 0 Å². The summed E-state index contributed by atoms with van der Waals surface area (Å²) in [6.07, 6.45) is -1.51. The summed E-state index contributed by atoms with van der Waals surface area (Å²) in [5.74, 6) is -0.788. The lowest BCUT2D eigenvalue weighted by Gasteiger charge is -2.31. The third-order valence-corrected chi connectivity index (χ3v) is 5.29. The number of unbranched alkanes of at least 4 members (excludes halogenated alkanes) is 2. The number of carbonyl (C=O) groups excluding carboxylic acids is 1. The van der Waals surface area contributed by atoms with E-state index in [9.17, 15) is 23.1 Å². The Hall–Kier alpha value is -2.67. The summed E-state index contributed by atoms with van der Waals surface area (Å²) in [5, 5.41) is 15.3. The quantitative estimate of drug-likeness (QED) is 0.644. The van der Waals surface area contributed by atoms with Gasteiger partial charge in [0.15, 0.2) is 5.72 Å². The summed E-state index contributed by atoms with van der Waals surface area (Å²) in [7, 11) is 0. The number of carbonyl (C=O) groups is 1. The van der Waals surface area contributed by atoms with E-state index < -0.39 is 29.9 Å². The fraction of sp³-hybridized carbons (Fsp3) is 0.391. The normalized spacial score (nSPS) is 19.1. The van der Waals surface area contributed by atoms with E-state index in [0.29, 0.717) is 5.01 Å². The molecule has 2 aromatic carbocycles. The molecule has 1 amide bonds. The zero-order chi connectivity index (χ0) is 21.9. The second kappa shape index (κ2) is 8.60. The maximum Gasteiger partial charge on any atom is 0.431 e. The number of hydrazone groups is 1. The van der Waals surface area contributed by atoms with Crippen molar-refractivity contribution in [2.24, 2.45) is 5.10 Å². The number of benzene rings is 2. The summed E-state index contributed by atoms with van der Waals surface area (Å²) in [4.78, 5) is 13.0. The second-order valence-electron chi connectivity index (χ2n) is 7.67. The van der Waals surface area contributed by atoms with Crippen LogP contribution in [0.4, 0.5) is 13.2 Å². The third kappa shape index (κ3) is 4.56. The van der Waals surface area contributed by atoms with E-state index >= 15 is 0 Å². The van der Waals surface area contributed by atoms with Gasteiger partial charge >= 0.3 is 6.18 Å². The Kier molecular flexibility index (Phi) is 6.31. The maximum absolute atomic E-state index is 13.4. The Balaban J connectivity index is 1.93. The minimum atomic E-state index is -4.74. The minimum absolute atomic E-state index is 0.155. The van der Waals surface area contributed by atoms with Gasteiger partial charge in [0.05, 0.1) is 6.42 Å². The lowest BCUT2D eigenvalue weighted by Crippen LogP contribution is -2.43. The van der Waals surface area contributed by atoms with Crippen LogP contribution in [-0.4, -0.2) is 27.9 Å². The van der Waals surface area contributed by atoms with Crippen LogP contribution in [0.2, 0.25) is 0 Å². The molecule has 3 rings (SSSR count). The van der Waals surface area contributed by atoms with Gasteiger partial charge in [0, 0.05) is 11.1 Å². The number of hydrogen-bond donors (Lipinski definition) is 1. The molecule has 1 aliphatic heterocycles. The Morgan fingerprint density at radius 2 is 1.73 bits per heavy atom. The summed E-state index contributed by atoms with van der Waals surface area (Å²) in [6.45, 7) is 3.94. The molecule has 7 heteroatoms. The lowest BCUT2D eigenvalue weighted by molar-refractivity contribution is -0.0816. The van der Waals surface area contributed by atoms with Gasteiger partial charge in [-0.05, 0) is 37.5 Å². The molecule has 0 saturated heterocycles. The second-order valence-corrected chi connectivity index (χ2v) is 7.67. The summed E-state index contributed by atoms with van der Waals surface area (Å²) >= 11 is 0. The SMILES string of the molecule is CCCCCc1ccc([C@@]2(O)CC(C(F)(F)F)=NN2C(=O)c2ccc(C)cc2)cc1. The van der Waals surface area contributed by atoms with Crippen molar-refractivity contribution in [1.29, 1.82) is 0 Å².